The first-order valence-corrected chi connectivity index (χ1v) is 7.85. The molecule has 1 aliphatic carbocycles. The van der Waals surface area contributed by atoms with E-state index in [9.17, 15) is 0 Å². The SMILES string of the molecule is CCn1cc(CC2(CNCC(C)C)CCCC2)cn1. The van der Waals surface area contributed by atoms with E-state index < -0.39 is 0 Å². The van der Waals surface area contributed by atoms with Gasteiger partial charge in [0.25, 0.3) is 0 Å². The number of hydrogen-bond donors (Lipinski definition) is 1. The molecule has 1 aliphatic rings. The number of hydrogen-bond acceptors (Lipinski definition) is 2. The van der Waals surface area contributed by atoms with Crippen molar-refractivity contribution < 1.29 is 0 Å². The van der Waals surface area contributed by atoms with Crippen LogP contribution in [0.1, 0.15) is 52.0 Å². The molecule has 1 N–H and O–H groups in total. The van der Waals surface area contributed by atoms with E-state index in [1.54, 1.807) is 0 Å². The highest BCUT2D eigenvalue weighted by molar-refractivity contribution is 5.09. The molecule has 0 aliphatic heterocycles. The fraction of sp³-hybridized carbons (Fsp3) is 0.812. The maximum Gasteiger partial charge on any atom is 0.0521 e. The average molecular weight is 263 g/mol. The van der Waals surface area contributed by atoms with Crippen molar-refractivity contribution >= 4 is 0 Å². The van der Waals surface area contributed by atoms with Gasteiger partial charge in [-0.2, -0.15) is 5.10 Å². The summed E-state index contributed by atoms with van der Waals surface area (Å²) < 4.78 is 2.04. The van der Waals surface area contributed by atoms with Gasteiger partial charge in [0.1, 0.15) is 0 Å². The zero-order valence-corrected chi connectivity index (χ0v) is 12.8. The Labute approximate surface area is 117 Å². The molecule has 0 atom stereocenters. The minimum atomic E-state index is 0.483. The summed E-state index contributed by atoms with van der Waals surface area (Å²) in [6.45, 7) is 9.97. The van der Waals surface area contributed by atoms with Crippen LogP contribution in [0.4, 0.5) is 0 Å². The van der Waals surface area contributed by atoms with Gasteiger partial charge in [0.2, 0.25) is 0 Å². The van der Waals surface area contributed by atoms with Crippen LogP contribution in [0.2, 0.25) is 0 Å². The first-order chi connectivity index (χ1) is 9.13. The minimum Gasteiger partial charge on any atom is -0.316 e. The van der Waals surface area contributed by atoms with Gasteiger partial charge in [-0.05, 0) is 49.6 Å². The fourth-order valence-electron chi connectivity index (χ4n) is 3.27. The monoisotopic (exact) mass is 263 g/mol. The number of nitrogens with zero attached hydrogens (tertiary/aromatic N) is 2. The second-order valence-corrected chi connectivity index (χ2v) is 6.61. The number of rotatable bonds is 7. The molecule has 1 aromatic rings. The predicted molar refractivity (Wildman–Crippen MR) is 80.2 cm³/mol. The van der Waals surface area contributed by atoms with Crippen molar-refractivity contribution in [1.82, 2.24) is 15.1 Å². The van der Waals surface area contributed by atoms with Gasteiger partial charge in [-0.1, -0.05) is 26.7 Å². The molecule has 0 radical (unpaired) electrons. The summed E-state index contributed by atoms with van der Waals surface area (Å²) in [6, 6.07) is 0. The Hall–Kier alpha value is -0.830. The third-order valence-corrected chi connectivity index (χ3v) is 4.31. The molecule has 1 aromatic heterocycles. The summed E-state index contributed by atoms with van der Waals surface area (Å²) in [5.41, 5.74) is 1.89. The Morgan fingerprint density at radius 2 is 2.11 bits per heavy atom. The van der Waals surface area contributed by atoms with E-state index in [2.05, 4.69) is 43.6 Å². The van der Waals surface area contributed by atoms with E-state index in [1.165, 1.54) is 44.2 Å². The molecule has 0 saturated heterocycles. The highest BCUT2D eigenvalue weighted by atomic mass is 15.3. The second-order valence-electron chi connectivity index (χ2n) is 6.61. The van der Waals surface area contributed by atoms with Gasteiger partial charge in [-0.25, -0.2) is 0 Å². The number of aromatic nitrogens is 2. The molecule has 3 heteroatoms. The van der Waals surface area contributed by atoms with Gasteiger partial charge in [-0.3, -0.25) is 4.68 Å². The van der Waals surface area contributed by atoms with Crippen molar-refractivity contribution in [2.45, 2.75) is 59.4 Å². The Kier molecular flexibility index (Phi) is 5.03. The standard InChI is InChI=1S/C16H29N3/c1-4-19-12-15(11-18-19)9-16(7-5-6-8-16)13-17-10-14(2)3/h11-12,14,17H,4-10,13H2,1-3H3. The lowest BCUT2D eigenvalue weighted by Gasteiger charge is -2.29. The Morgan fingerprint density at radius 1 is 1.37 bits per heavy atom. The fourth-order valence-corrected chi connectivity index (χ4v) is 3.27. The quantitative estimate of drug-likeness (QED) is 0.818. The number of nitrogens with one attached hydrogen (secondary N) is 1. The van der Waals surface area contributed by atoms with E-state index >= 15 is 0 Å². The summed E-state index contributed by atoms with van der Waals surface area (Å²) in [7, 11) is 0. The summed E-state index contributed by atoms with van der Waals surface area (Å²) in [5.74, 6) is 0.737. The molecule has 19 heavy (non-hydrogen) atoms. The molecule has 0 aromatic carbocycles. The van der Waals surface area contributed by atoms with Crippen LogP contribution in [0.15, 0.2) is 12.4 Å². The Bertz CT molecular complexity index is 375. The van der Waals surface area contributed by atoms with Gasteiger partial charge in [0, 0.05) is 19.3 Å². The smallest absolute Gasteiger partial charge is 0.0521 e. The summed E-state index contributed by atoms with van der Waals surface area (Å²) in [5, 5.41) is 8.09. The van der Waals surface area contributed by atoms with Crippen LogP contribution < -0.4 is 5.32 Å². The van der Waals surface area contributed by atoms with Crippen LogP contribution in [-0.4, -0.2) is 22.9 Å². The van der Waals surface area contributed by atoms with Crippen LogP contribution in [-0.2, 0) is 13.0 Å². The molecule has 108 valence electrons. The lowest BCUT2D eigenvalue weighted by atomic mass is 9.80. The zero-order chi connectivity index (χ0) is 13.7. The summed E-state index contributed by atoms with van der Waals surface area (Å²) in [6.07, 6.45) is 11.0. The highest BCUT2D eigenvalue weighted by Crippen LogP contribution is 2.40. The second kappa shape index (κ2) is 6.56. The van der Waals surface area contributed by atoms with Crippen LogP contribution >= 0.6 is 0 Å². The van der Waals surface area contributed by atoms with Gasteiger partial charge < -0.3 is 5.32 Å². The maximum atomic E-state index is 4.41. The van der Waals surface area contributed by atoms with Gasteiger partial charge >= 0.3 is 0 Å². The lowest BCUT2D eigenvalue weighted by molar-refractivity contribution is 0.273. The van der Waals surface area contributed by atoms with Crippen molar-refractivity contribution in [2.24, 2.45) is 11.3 Å². The lowest BCUT2D eigenvalue weighted by Crippen LogP contribution is -2.35. The first-order valence-electron chi connectivity index (χ1n) is 7.85. The van der Waals surface area contributed by atoms with Gasteiger partial charge in [0.05, 0.1) is 6.20 Å². The van der Waals surface area contributed by atoms with Crippen LogP contribution in [0.25, 0.3) is 0 Å². The predicted octanol–water partition coefficient (Wildman–Crippen LogP) is 3.25. The molecule has 0 unspecified atom stereocenters. The van der Waals surface area contributed by atoms with E-state index in [0.717, 1.165) is 19.0 Å². The van der Waals surface area contributed by atoms with Crippen molar-refractivity contribution in [2.75, 3.05) is 13.1 Å². The summed E-state index contributed by atoms with van der Waals surface area (Å²) >= 11 is 0. The molecule has 0 bridgehead atoms. The van der Waals surface area contributed by atoms with Crippen molar-refractivity contribution in [3.63, 3.8) is 0 Å². The van der Waals surface area contributed by atoms with Crippen LogP contribution in [0.3, 0.4) is 0 Å². The van der Waals surface area contributed by atoms with Crippen molar-refractivity contribution in [3.8, 4) is 0 Å². The van der Waals surface area contributed by atoms with E-state index in [1.807, 2.05) is 4.68 Å². The molecule has 1 heterocycles. The molecule has 0 spiro atoms. The topological polar surface area (TPSA) is 29.9 Å². The molecule has 1 fully saturated rings. The first kappa shape index (κ1) is 14.6. The largest absolute Gasteiger partial charge is 0.316 e. The molecular formula is C16H29N3. The normalized spacial score (nSPS) is 18.3. The van der Waals surface area contributed by atoms with Crippen LogP contribution in [0, 0.1) is 11.3 Å². The third-order valence-electron chi connectivity index (χ3n) is 4.31. The maximum absolute atomic E-state index is 4.41. The van der Waals surface area contributed by atoms with Crippen LogP contribution in [0.5, 0.6) is 0 Å². The van der Waals surface area contributed by atoms with E-state index in [4.69, 9.17) is 0 Å². The van der Waals surface area contributed by atoms with Gasteiger partial charge in [0.15, 0.2) is 0 Å². The molecular weight excluding hydrogens is 234 g/mol. The number of aryl methyl sites for hydroxylation is 1. The molecule has 1 saturated carbocycles. The van der Waals surface area contributed by atoms with E-state index in [0.29, 0.717) is 5.41 Å². The van der Waals surface area contributed by atoms with Gasteiger partial charge in [-0.15, -0.1) is 0 Å². The highest BCUT2D eigenvalue weighted by Gasteiger charge is 2.33. The Morgan fingerprint density at radius 3 is 2.68 bits per heavy atom. The summed E-state index contributed by atoms with van der Waals surface area (Å²) in [4.78, 5) is 0. The third kappa shape index (κ3) is 4.07. The van der Waals surface area contributed by atoms with E-state index in [-0.39, 0.29) is 0 Å². The van der Waals surface area contributed by atoms with Crippen molar-refractivity contribution in [1.29, 1.82) is 0 Å². The Balaban J connectivity index is 1.94. The zero-order valence-electron chi connectivity index (χ0n) is 12.8. The minimum absolute atomic E-state index is 0.483. The average Bonchev–Trinajstić information content (AvgIpc) is 2.99. The molecule has 0 amide bonds. The molecule has 2 rings (SSSR count). The van der Waals surface area contributed by atoms with Crippen molar-refractivity contribution in [3.05, 3.63) is 18.0 Å². The molecule has 3 nitrogen and oxygen atoms in total.